The Labute approximate surface area is 485 Å². The van der Waals surface area contributed by atoms with Gasteiger partial charge >= 0.3 is 17.9 Å². The van der Waals surface area contributed by atoms with Crippen LogP contribution in [-0.4, -0.2) is 37.2 Å². The largest absolute Gasteiger partial charge is 0.462 e. The second-order valence-corrected chi connectivity index (χ2v) is 23.1. The fourth-order valence-corrected chi connectivity index (χ4v) is 10.1. The van der Waals surface area contributed by atoms with Gasteiger partial charge in [0.25, 0.3) is 0 Å². The van der Waals surface area contributed by atoms with Crippen LogP contribution in [0.15, 0.2) is 60.8 Å². The third kappa shape index (κ3) is 63.9. The second-order valence-electron chi connectivity index (χ2n) is 23.1. The average Bonchev–Trinajstić information content (AvgIpc) is 3.44. The van der Waals surface area contributed by atoms with Crippen LogP contribution in [0.2, 0.25) is 0 Å². The van der Waals surface area contributed by atoms with E-state index in [0.29, 0.717) is 19.3 Å². The van der Waals surface area contributed by atoms with Crippen molar-refractivity contribution in [1.29, 1.82) is 0 Å². The third-order valence-corrected chi connectivity index (χ3v) is 15.3. The molecule has 0 rings (SSSR count). The zero-order valence-corrected chi connectivity index (χ0v) is 52.2. The summed E-state index contributed by atoms with van der Waals surface area (Å²) in [6.07, 6.45) is 85.3. The van der Waals surface area contributed by atoms with Gasteiger partial charge in [0.05, 0.1) is 0 Å². The van der Waals surface area contributed by atoms with E-state index < -0.39 is 6.10 Å². The topological polar surface area (TPSA) is 78.9 Å². The van der Waals surface area contributed by atoms with E-state index in [1.165, 1.54) is 238 Å². The number of carbonyl (C=O) groups is 3. The molecule has 0 spiro atoms. The van der Waals surface area contributed by atoms with E-state index in [2.05, 4.69) is 81.5 Å². The molecule has 0 aliphatic heterocycles. The maximum atomic E-state index is 12.9. The first-order chi connectivity index (χ1) is 38.5. The van der Waals surface area contributed by atoms with Gasteiger partial charge in [-0.25, -0.2) is 0 Å². The lowest BCUT2D eigenvalue weighted by Gasteiger charge is -2.18. The highest BCUT2D eigenvalue weighted by Gasteiger charge is 2.19. The van der Waals surface area contributed by atoms with Crippen LogP contribution in [-0.2, 0) is 28.6 Å². The highest BCUT2D eigenvalue weighted by atomic mass is 16.6. The standard InChI is InChI=1S/C72H130O6/c1-4-7-10-13-16-19-22-25-27-29-31-33-35-36-38-39-41-43-45-47-50-53-56-59-62-65-71(74)77-68-69(67-76-70(73)64-61-58-55-52-49-24-21-18-15-12-9-6-3)78-72(75)66-63-60-57-54-51-48-46-44-42-40-37-34-32-30-28-26-23-20-17-14-11-8-5-2/h8,11,17,20,26,28-29,31-32,34,69H,4-7,9-10,12-16,18-19,21-25,27,30,33,35-68H2,1-3H3/b11-8-,20-17-,28-26-,31-29-,34-32-. The Bertz CT molecular complexity index is 1390. The molecule has 1 atom stereocenters. The zero-order valence-electron chi connectivity index (χ0n) is 52.2. The second kappa shape index (κ2) is 66.6. The number of unbranched alkanes of at least 4 members (excludes halogenated alkanes) is 42. The number of ether oxygens (including phenoxy) is 3. The van der Waals surface area contributed by atoms with Gasteiger partial charge in [-0.05, 0) is 83.5 Å². The molecule has 0 bridgehead atoms. The lowest BCUT2D eigenvalue weighted by molar-refractivity contribution is -0.167. The summed E-state index contributed by atoms with van der Waals surface area (Å²) in [5.41, 5.74) is 0. The molecule has 6 heteroatoms. The van der Waals surface area contributed by atoms with Gasteiger partial charge in [0, 0.05) is 19.3 Å². The summed E-state index contributed by atoms with van der Waals surface area (Å²) in [5, 5.41) is 0. The van der Waals surface area contributed by atoms with Crippen LogP contribution in [0.1, 0.15) is 361 Å². The Morgan fingerprint density at radius 1 is 0.269 bits per heavy atom. The fourth-order valence-electron chi connectivity index (χ4n) is 10.1. The van der Waals surface area contributed by atoms with Crippen molar-refractivity contribution in [3.8, 4) is 0 Å². The van der Waals surface area contributed by atoms with Crippen LogP contribution < -0.4 is 0 Å². The molecule has 0 N–H and O–H groups in total. The van der Waals surface area contributed by atoms with Crippen LogP contribution in [0, 0.1) is 0 Å². The highest BCUT2D eigenvalue weighted by molar-refractivity contribution is 5.71. The average molecular weight is 1090 g/mol. The van der Waals surface area contributed by atoms with Gasteiger partial charge in [0.15, 0.2) is 6.10 Å². The number of carbonyl (C=O) groups excluding carboxylic acids is 3. The normalized spacial score (nSPS) is 12.4. The highest BCUT2D eigenvalue weighted by Crippen LogP contribution is 2.18. The third-order valence-electron chi connectivity index (χ3n) is 15.3. The molecule has 0 aliphatic rings. The van der Waals surface area contributed by atoms with Gasteiger partial charge < -0.3 is 14.2 Å². The van der Waals surface area contributed by atoms with Crippen molar-refractivity contribution < 1.29 is 28.6 Å². The smallest absolute Gasteiger partial charge is 0.306 e. The number of allylic oxidation sites excluding steroid dienone is 10. The van der Waals surface area contributed by atoms with Gasteiger partial charge in [0.1, 0.15) is 13.2 Å². The minimum atomic E-state index is -0.775. The van der Waals surface area contributed by atoms with Gasteiger partial charge in [-0.1, -0.05) is 319 Å². The first-order valence-electron chi connectivity index (χ1n) is 34.3. The Balaban J connectivity index is 4.24. The van der Waals surface area contributed by atoms with E-state index in [9.17, 15) is 14.4 Å². The maximum absolute atomic E-state index is 12.9. The molecule has 0 heterocycles. The quantitative estimate of drug-likeness (QED) is 0.0261. The number of hydrogen-bond acceptors (Lipinski definition) is 6. The summed E-state index contributed by atoms with van der Waals surface area (Å²) in [5.74, 6) is -0.854. The Morgan fingerprint density at radius 2 is 0.500 bits per heavy atom. The lowest BCUT2D eigenvalue weighted by Crippen LogP contribution is -2.30. The molecule has 6 nitrogen and oxygen atoms in total. The summed E-state index contributed by atoms with van der Waals surface area (Å²) >= 11 is 0. The Hall–Kier alpha value is -2.89. The van der Waals surface area contributed by atoms with Crippen LogP contribution in [0.5, 0.6) is 0 Å². The zero-order chi connectivity index (χ0) is 56.4. The van der Waals surface area contributed by atoms with Crippen LogP contribution in [0.3, 0.4) is 0 Å². The monoisotopic (exact) mass is 1090 g/mol. The first kappa shape index (κ1) is 75.1. The molecule has 0 aromatic heterocycles. The van der Waals surface area contributed by atoms with Crippen molar-refractivity contribution in [2.45, 2.75) is 367 Å². The van der Waals surface area contributed by atoms with E-state index in [1.807, 2.05) is 0 Å². The summed E-state index contributed by atoms with van der Waals surface area (Å²) in [6, 6.07) is 0. The van der Waals surface area contributed by atoms with Crippen molar-refractivity contribution in [2.75, 3.05) is 13.2 Å². The SMILES string of the molecule is CC/C=C\C/C=C\C/C=C\C/C=C\CCCCCCCCCCCCC(=O)OC(COC(=O)CCCCCCCCCCCCCC)COC(=O)CCCCCCCCCCCCCCC/C=C\CCCCCCCCCC. The van der Waals surface area contributed by atoms with Crippen molar-refractivity contribution in [3.05, 3.63) is 60.8 Å². The number of esters is 3. The predicted molar refractivity (Wildman–Crippen MR) is 339 cm³/mol. The summed E-state index contributed by atoms with van der Waals surface area (Å²) in [4.78, 5) is 38.4. The van der Waals surface area contributed by atoms with E-state index in [1.54, 1.807) is 0 Å². The van der Waals surface area contributed by atoms with Crippen molar-refractivity contribution >= 4 is 17.9 Å². The van der Waals surface area contributed by atoms with E-state index in [0.717, 1.165) is 83.5 Å². The molecule has 0 saturated heterocycles. The van der Waals surface area contributed by atoms with Crippen molar-refractivity contribution in [2.24, 2.45) is 0 Å². The Kier molecular flexibility index (Phi) is 64.2. The minimum absolute atomic E-state index is 0.0716. The van der Waals surface area contributed by atoms with Crippen LogP contribution in [0.25, 0.3) is 0 Å². The molecule has 1 unspecified atom stereocenters. The van der Waals surface area contributed by atoms with E-state index in [-0.39, 0.29) is 31.1 Å². The molecule has 0 aromatic rings. The molecule has 454 valence electrons. The van der Waals surface area contributed by atoms with Gasteiger partial charge in [-0.3, -0.25) is 14.4 Å². The minimum Gasteiger partial charge on any atom is -0.462 e. The molecular formula is C72H130O6. The van der Waals surface area contributed by atoms with Crippen LogP contribution >= 0.6 is 0 Å². The summed E-state index contributed by atoms with van der Waals surface area (Å²) in [6.45, 7) is 6.58. The molecule has 0 radical (unpaired) electrons. The predicted octanol–water partition coefficient (Wildman–Crippen LogP) is 23.5. The molecule has 0 aromatic carbocycles. The van der Waals surface area contributed by atoms with Gasteiger partial charge in [-0.15, -0.1) is 0 Å². The fraction of sp³-hybridized carbons (Fsp3) is 0.819. The van der Waals surface area contributed by atoms with Gasteiger partial charge in [0.2, 0.25) is 0 Å². The van der Waals surface area contributed by atoms with Crippen molar-refractivity contribution in [3.63, 3.8) is 0 Å². The maximum Gasteiger partial charge on any atom is 0.306 e. The molecular weight excluding hydrogens is 961 g/mol. The van der Waals surface area contributed by atoms with E-state index in [4.69, 9.17) is 14.2 Å². The van der Waals surface area contributed by atoms with Gasteiger partial charge in [-0.2, -0.15) is 0 Å². The molecule has 0 saturated carbocycles. The lowest BCUT2D eigenvalue weighted by atomic mass is 10.0. The van der Waals surface area contributed by atoms with Crippen molar-refractivity contribution in [1.82, 2.24) is 0 Å². The summed E-state index contributed by atoms with van der Waals surface area (Å²) < 4.78 is 17.0. The number of rotatable bonds is 63. The molecule has 0 amide bonds. The number of hydrogen-bond donors (Lipinski definition) is 0. The first-order valence-corrected chi connectivity index (χ1v) is 34.3. The molecule has 0 aliphatic carbocycles. The van der Waals surface area contributed by atoms with E-state index >= 15 is 0 Å². The molecule has 0 fully saturated rings. The molecule has 78 heavy (non-hydrogen) atoms. The Morgan fingerprint density at radius 3 is 0.795 bits per heavy atom. The summed E-state index contributed by atoms with van der Waals surface area (Å²) in [7, 11) is 0. The van der Waals surface area contributed by atoms with Crippen LogP contribution in [0.4, 0.5) is 0 Å².